The van der Waals surface area contributed by atoms with E-state index >= 15 is 0 Å². The summed E-state index contributed by atoms with van der Waals surface area (Å²) in [5, 5.41) is 0. The lowest BCUT2D eigenvalue weighted by molar-refractivity contribution is 0.00578. The zero-order chi connectivity index (χ0) is 38.7. The van der Waals surface area contributed by atoms with Crippen LogP contribution < -0.4 is 5.46 Å². The van der Waals surface area contributed by atoms with Crippen LogP contribution in [0.15, 0.2) is 87.1 Å². The molecule has 2 heterocycles. The first-order valence-electron chi connectivity index (χ1n) is 18.3. The fourth-order valence-corrected chi connectivity index (χ4v) is 10.2. The Morgan fingerprint density at radius 3 is 1.59 bits per heavy atom. The van der Waals surface area contributed by atoms with Crippen molar-refractivity contribution < 1.29 is 39.2 Å². The van der Waals surface area contributed by atoms with Gasteiger partial charge in [0.25, 0.3) is 20.2 Å². The molecular formula is C41H46BBrO9S2. The molecule has 9 nitrogen and oxygen atoms in total. The highest BCUT2D eigenvalue weighted by molar-refractivity contribution is 9.10. The second-order valence-electron chi connectivity index (χ2n) is 15.6. The van der Waals surface area contributed by atoms with Gasteiger partial charge in [0, 0.05) is 9.89 Å². The average molecular weight is 838 g/mol. The minimum absolute atomic E-state index is 0.0331. The normalized spacial score (nSPS) is 18.1. The molecule has 0 aromatic heterocycles. The average Bonchev–Trinajstić information content (AvgIpc) is 3.40. The van der Waals surface area contributed by atoms with Gasteiger partial charge in [-0.3, -0.25) is 8.37 Å². The van der Waals surface area contributed by atoms with Gasteiger partial charge in [-0.05, 0) is 142 Å². The van der Waals surface area contributed by atoms with Gasteiger partial charge in [-0.25, -0.2) is 0 Å². The summed E-state index contributed by atoms with van der Waals surface area (Å²) < 4.78 is 84.2. The summed E-state index contributed by atoms with van der Waals surface area (Å²) in [4.78, 5) is 0.220. The standard InChI is InChI=1S/C41H46BBrO9S2/c1-27-9-13-33(14-10-27)53(44,45)49-19-7-17-41(18-8-20-50-54(46,47)34-15-11-28(2)12-16-34)35-23-31(42-51-39(3,4)40(5,6)52-42)21-29-25-48-26-30-22-32(43)24-36(41)38(30)37(29)35/h9-16,21-24H,7-8,17-20,25-26H2,1-6H3. The largest absolute Gasteiger partial charge is 0.494 e. The summed E-state index contributed by atoms with van der Waals surface area (Å²) in [7, 11) is -8.58. The molecule has 54 heavy (non-hydrogen) atoms. The van der Waals surface area contributed by atoms with Crippen molar-refractivity contribution in [3.05, 3.63) is 111 Å². The van der Waals surface area contributed by atoms with E-state index in [2.05, 4.69) is 40.2 Å². The van der Waals surface area contributed by atoms with Gasteiger partial charge in [0.1, 0.15) is 0 Å². The highest BCUT2D eigenvalue weighted by Crippen LogP contribution is 2.57. The van der Waals surface area contributed by atoms with Gasteiger partial charge in [0.05, 0.1) is 47.4 Å². The van der Waals surface area contributed by atoms with E-state index in [9.17, 15) is 16.8 Å². The number of ether oxygens (including phenoxy) is 1. The fourth-order valence-electron chi connectivity index (χ4n) is 7.79. The molecule has 7 rings (SSSR count). The second kappa shape index (κ2) is 14.6. The third-order valence-electron chi connectivity index (χ3n) is 11.3. The van der Waals surface area contributed by atoms with Crippen LogP contribution in [-0.4, -0.2) is 48.4 Å². The summed E-state index contributed by atoms with van der Waals surface area (Å²) in [5.74, 6) is 0. The van der Waals surface area contributed by atoms with Crippen molar-refractivity contribution in [1.29, 1.82) is 0 Å². The van der Waals surface area contributed by atoms with Crippen molar-refractivity contribution in [1.82, 2.24) is 0 Å². The molecule has 2 aliphatic heterocycles. The van der Waals surface area contributed by atoms with Crippen LogP contribution in [0.4, 0.5) is 0 Å². The first kappa shape index (κ1) is 39.4. The third kappa shape index (κ3) is 7.38. The second-order valence-corrected chi connectivity index (χ2v) is 19.8. The summed E-state index contributed by atoms with van der Waals surface area (Å²) in [5.41, 5.74) is 7.36. The van der Waals surface area contributed by atoms with Gasteiger partial charge < -0.3 is 14.0 Å². The summed E-state index contributed by atoms with van der Waals surface area (Å²) >= 11 is 3.77. The quantitative estimate of drug-likeness (QED) is 0.0751. The van der Waals surface area contributed by atoms with E-state index in [0.29, 0.717) is 38.9 Å². The molecule has 1 aliphatic carbocycles. The SMILES string of the molecule is Cc1ccc(S(=O)(=O)OCCCC2(CCCOS(=O)(=O)c3ccc(C)cc3)c3cc(Br)cc4c3-c3c(cc(B5OC(C)(C)C(C)(C)O5)cc32)COC4)cc1. The summed E-state index contributed by atoms with van der Waals surface area (Å²) in [6.07, 6.45) is 1.84. The number of hydrogen-bond acceptors (Lipinski definition) is 9. The lowest BCUT2D eigenvalue weighted by Crippen LogP contribution is -2.41. The molecule has 1 fully saturated rings. The maximum absolute atomic E-state index is 13.2. The van der Waals surface area contributed by atoms with E-state index in [1.165, 1.54) is 0 Å². The van der Waals surface area contributed by atoms with Crippen molar-refractivity contribution in [3.8, 4) is 11.1 Å². The van der Waals surface area contributed by atoms with E-state index < -0.39 is 44.0 Å². The lowest BCUT2D eigenvalue weighted by atomic mass is 9.68. The minimum Gasteiger partial charge on any atom is -0.399 e. The molecule has 4 aromatic carbocycles. The van der Waals surface area contributed by atoms with Crippen molar-refractivity contribution in [2.45, 2.75) is 107 Å². The molecule has 0 radical (unpaired) electrons. The number of hydrogen-bond donors (Lipinski definition) is 0. The van der Waals surface area contributed by atoms with Crippen molar-refractivity contribution in [2.75, 3.05) is 13.2 Å². The van der Waals surface area contributed by atoms with Crippen molar-refractivity contribution >= 4 is 48.7 Å². The van der Waals surface area contributed by atoms with Gasteiger partial charge in [0.2, 0.25) is 0 Å². The third-order valence-corrected chi connectivity index (χ3v) is 14.5. The van der Waals surface area contributed by atoms with Crippen LogP contribution in [0.1, 0.15) is 86.8 Å². The van der Waals surface area contributed by atoms with Crippen LogP contribution in [0.25, 0.3) is 11.1 Å². The van der Waals surface area contributed by atoms with E-state index in [1.54, 1.807) is 48.5 Å². The predicted molar refractivity (Wildman–Crippen MR) is 212 cm³/mol. The molecule has 0 saturated carbocycles. The van der Waals surface area contributed by atoms with Gasteiger partial charge in [-0.15, -0.1) is 0 Å². The Hall–Kier alpha value is -2.88. The predicted octanol–water partition coefficient (Wildman–Crippen LogP) is 8.03. The van der Waals surface area contributed by atoms with Gasteiger partial charge in [-0.2, -0.15) is 16.8 Å². The Morgan fingerprint density at radius 1 is 0.667 bits per heavy atom. The molecule has 286 valence electrons. The molecule has 4 aromatic rings. The van der Waals surface area contributed by atoms with Crippen molar-refractivity contribution in [2.24, 2.45) is 0 Å². The van der Waals surface area contributed by atoms with Crippen LogP contribution >= 0.6 is 15.9 Å². The van der Waals surface area contributed by atoms with Gasteiger partial charge in [0.15, 0.2) is 0 Å². The Bertz CT molecular complexity index is 2190. The molecule has 0 unspecified atom stereocenters. The fraction of sp³-hybridized carbons (Fsp3) is 0.415. The summed E-state index contributed by atoms with van der Waals surface area (Å²) in [6.45, 7) is 12.6. The maximum Gasteiger partial charge on any atom is 0.494 e. The van der Waals surface area contributed by atoms with Gasteiger partial charge in [-0.1, -0.05) is 63.5 Å². The molecule has 0 amide bonds. The van der Waals surface area contributed by atoms with Gasteiger partial charge >= 0.3 is 7.12 Å². The molecule has 0 spiro atoms. The number of rotatable bonds is 13. The first-order valence-corrected chi connectivity index (χ1v) is 21.9. The van der Waals surface area contributed by atoms with Crippen LogP contribution in [0.2, 0.25) is 0 Å². The van der Waals surface area contributed by atoms with Crippen molar-refractivity contribution in [3.63, 3.8) is 0 Å². The highest BCUT2D eigenvalue weighted by Gasteiger charge is 2.53. The number of halogens is 1. The maximum atomic E-state index is 13.2. The Kier molecular flexibility index (Phi) is 10.6. The number of benzene rings is 4. The first-order chi connectivity index (χ1) is 25.4. The Labute approximate surface area is 328 Å². The molecule has 1 saturated heterocycles. The zero-order valence-electron chi connectivity index (χ0n) is 31.5. The number of aryl methyl sites for hydroxylation is 2. The molecule has 0 N–H and O–H groups in total. The van der Waals surface area contributed by atoms with E-state index in [0.717, 1.165) is 54.4 Å². The minimum atomic E-state index is -3.98. The smallest absolute Gasteiger partial charge is 0.399 e. The van der Waals surface area contributed by atoms with E-state index in [1.807, 2.05) is 41.5 Å². The Morgan fingerprint density at radius 2 is 1.11 bits per heavy atom. The molecule has 0 atom stereocenters. The monoisotopic (exact) mass is 836 g/mol. The molecule has 13 heteroatoms. The highest BCUT2D eigenvalue weighted by atomic mass is 79.9. The summed E-state index contributed by atoms with van der Waals surface area (Å²) in [6, 6.07) is 21.7. The molecule has 3 aliphatic rings. The Balaban J connectivity index is 1.27. The topological polar surface area (TPSA) is 114 Å². The van der Waals surface area contributed by atoms with E-state index in [4.69, 9.17) is 22.4 Å². The molecular weight excluding hydrogens is 791 g/mol. The van der Waals surface area contributed by atoms with Crippen LogP contribution in [0.5, 0.6) is 0 Å². The van der Waals surface area contributed by atoms with Crippen LogP contribution in [0, 0.1) is 13.8 Å². The zero-order valence-corrected chi connectivity index (χ0v) is 34.8. The van der Waals surface area contributed by atoms with Crippen LogP contribution in [0.3, 0.4) is 0 Å². The van der Waals surface area contributed by atoms with Crippen LogP contribution in [-0.2, 0) is 61.3 Å². The van der Waals surface area contributed by atoms with E-state index in [-0.39, 0.29) is 23.0 Å². The molecule has 0 bridgehead atoms. The lowest BCUT2D eigenvalue weighted by Gasteiger charge is -2.34.